The summed E-state index contributed by atoms with van der Waals surface area (Å²) in [6.07, 6.45) is 12.4. The van der Waals surface area contributed by atoms with Gasteiger partial charge in [-0.1, -0.05) is 0 Å². The summed E-state index contributed by atoms with van der Waals surface area (Å²) >= 11 is 8.55. The van der Waals surface area contributed by atoms with E-state index in [0.29, 0.717) is 0 Å². The minimum absolute atomic E-state index is 0.647. The molecule has 4 bridgehead atoms. The third-order valence-electron chi connectivity index (χ3n) is 4.52. The van der Waals surface area contributed by atoms with E-state index in [1.54, 1.807) is 16.7 Å². The van der Waals surface area contributed by atoms with Gasteiger partial charge in [-0.3, -0.25) is 0 Å². The van der Waals surface area contributed by atoms with E-state index in [1.807, 2.05) is 5.57 Å². The van der Waals surface area contributed by atoms with Crippen LogP contribution >= 0.6 is 0 Å². The van der Waals surface area contributed by atoms with E-state index in [-0.39, 0.29) is 0 Å². The average molecular weight is 906 g/mol. The van der Waals surface area contributed by atoms with Crippen LogP contribution in [0.15, 0.2) is 46.7 Å². The first-order valence-electron chi connectivity index (χ1n) is 7.06. The van der Waals surface area contributed by atoms with E-state index >= 15 is 0 Å². The molecule has 24 heavy (non-hydrogen) atoms. The molecule has 0 aromatic rings. The van der Waals surface area contributed by atoms with E-state index in [0.717, 1.165) is 38.1 Å². The second-order valence-corrected chi connectivity index (χ2v) is 58.4. The molecule has 0 N–H and O–H groups in total. The molecular formula is C13H11N2Se9+. The Morgan fingerprint density at radius 1 is 1.29 bits per heavy atom. The third-order valence-corrected chi connectivity index (χ3v) is 87.7. The first kappa shape index (κ1) is 19.1. The van der Waals surface area contributed by atoms with Crippen molar-refractivity contribution in [2.75, 3.05) is 13.1 Å². The molecule has 1 fully saturated rings. The van der Waals surface area contributed by atoms with E-state index in [2.05, 4.69) is 79.1 Å². The Hall–Kier alpha value is 3.11. The molecule has 0 saturated carbocycles. The summed E-state index contributed by atoms with van der Waals surface area (Å²) in [5.74, 6) is 0. The Balaban J connectivity index is 1.85. The number of fused-ring (bicyclic) bond motifs is 7. The van der Waals surface area contributed by atoms with Crippen LogP contribution in [-0.2, 0) is 0 Å². The molecule has 5 aliphatic heterocycles. The normalized spacial score (nSPS) is 38.1. The van der Waals surface area contributed by atoms with Crippen molar-refractivity contribution in [3.05, 3.63) is 46.7 Å². The maximum absolute atomic E-state index is 3.69. The first-order chi connectivity index (χ1) is 11.7. The number of hydrogen-bond acceptors (Lipinski definition) is 1. The van der Waals surface area contributed by atoms with Crippen LogP contribution in [0.3, 0.4) is 0 Å². The number of allylic oxidation sites excluding steroid dienone is 3. The molecule has 5 aliphatic rings. The van der Waals surface area contributed by atoms with Gasteiger partial charge in [0.2, 0.25) is 0 Å². The molecule has 0 spiro atoms. The van der Waals surface area contributed by atoms with Crippen molar-refractivity contribution in [1.82, 2.24) is 3.92 Å². The van der Waals surface area contributed by atoms with E-state index < -0.39 is 35.1 Å². The van der Waals surface area contributed by atoms with Crippen LogP contribution < -0.4 is 0 Å². The molecule has 0 amide bonds. The molecule has 5 unspecified atom stereocenters. The standard InChI is InChI=1S/C13H11N2Se9/c16-19-21-24-13-11(9-2-4-15(24)7-9)5-10-8-1-3-14(6-8)23(18)12(10)22(13)20-17/h1-5,12-13H,6-7H2/q+1. The number of hydrogen-bond donors (Lipinski definition) is 0. The zero-order valence-electron chi connectivity index (χ0n) is 12.0. The van der Waals surface area contributed by atoms with Gasteiger partial charge < -0.3 is 0 Å². The topological polar surface area (TPSA) is 6.25 Å². The van der Waals surface area contributed by atoms with Crippen molar-refractivity contribution in [3.8, 4) is 0 Å². The zero-order valence-corrected chi connectivity index (χ0v) is 27.4. The summed E-state index contributed by atoms with van der Waals surface area (Å²) in [5, 5.41) is 0. The van der Waals surface area contributed by atoms with Gasteiger partial charge in [0.15, 0.2) is 0 Å². The van der Waals surface area contributed by atoms with Crippen molar-refractivity contribution in [1.29, 1.82) is 0 Å². The van der Waals surface area contributed by atoms with Crippen molar-refractivity contribution in [2.24, 2.45) is 0 Å². The Morgan fingerprint density at radius 2 is 2.17 bits per heavy atom. The summed E-state index contributed by atoms with van der Waals surface area (Å²) in [5.41, 5.74) is 6.88. The van der Waals surface area contributed by atoms with Crippen molar-refractivity contribution >= 4 is 113 Å². The molecule has 126 valence electrons. The van der Waals surface area contributed by atoms with Gasteiger partial charge in [-0.25, -0.2) is 0 Å². The van der Waals surface area contributed by atoms with Gasteiger partial charge >= 0.3 is 188 Å². The van der Waals surface area contributed by atoms with E-state index in [9.17, 15) is 0 Å². The fourth-order valence-electron chi connectivity index (χ4n) is 3.47. The number of nitrogens with zero attached hydrogens (tertiary/aromatic N) is 2. The second-order valence-electron chi connectivity index (χ2n) is 5.64. The molecule has 5 rings (SSSR count). The monoisotopic (exact) mass is 914 g/mol. The van der Waals surface area contributed by atoms with E-state index in [1.165, 1.54) is 13.1 Å². The molecule has 2 nitrogen and oxygen atoms in total. The van der Waals surface area contributed by atoms with Crippen LogP contribution in [0.4, 0.5) is 0 Å². The molecule has 0 aromatic heterocycles. The molecule has 0 aromatic carbocycles. The Labute approximate surface area is 184 Å². The van der Waals surface area contributed by atoms with Gasteiger partial charge in [0.25, 0.3) is 0 Å². The fraction of sp³-hybridized carbons (Fsp3) is 0.308. The Bertz CT molecular complexity index is 1040. The van der Waals surface area contributed by atoms with Gasteiger partial charge in [0.1, 0.15) is 0 Å². The summed E-state index contributed by atoms with van der Waals surface area (Å²) in [4.78, 5) is 0. The van der Waals surface area contributed by atoms with Crippen LogP contribution in [0.2, 0.25) is 7.43 Å². The van der Waals surface area contributed by atoms with Crippen molar-refractivity contribution < 1.29 is 3.59 Å². The first-order valence-corrected chi connectivity index (χ1v) is 38.6. The van der Waals surface area contributed by atoms with Crippen LogP contribution in [0.25, 0.3) is 0 Å². The summed E-state index contributed by atoms with van der Waals surface area (Å²) in [7, 11) is 2.35. The Morgan fingerprint density at radius 3 is 2.96 bits per heavy atom. The van der Waals surface area contributed by atoms with Crippen LogP contribution in [0.1, 0.15) is 0 Å². The van der Waals surface area contributed by atoms with Gasteiger partial charge in [0, 0.05) is 0 Å². The number of rotatable bonds is 0. The molecule has 5 atom stereocenters. The van der Waals surface area contributed by atoms with Gasteiger partial charge in [-0.05, 0) is 0 Å². The van der Waals surface area contributed by atoms with Crippen LogP contribution in [-0.4, -0.2) is 134 Å². The quantitative estimate of drug-likeness (QED) is 0.262. The van der Waals surface area contributed by atoms with Gasteiger partial charge in [-0.2, -0.15) is 0 Å². The van der Waals surface area contributed by atoms with Crippen LogP contribution in [0, 0.1) is 0 Å². The predicted octanol–water partition coefficient (Wildman–Crippen LogP) is -1.75. The summed E-state index contributed by atoms with van der Waals surface area (Å²) in [6, 6.07) is 0. The van der Waals surface area contributed by atoms with Crippen LogP contribution in [0.5, 0.6) is 0 Å². The fourth-order valence-corrected chi connectivity index (χ4v) is 129. The Kier molecular flexibility index (Phi) is 6.16. The SMILES string of the molecule is [Se]=[Se]=[Se]=[Se]1C2C(=CC3=C4C=CN(C4)[Se](=[Se])C3[Se]2=[Se]=[Se])C2=CC=[N+]1C2. The molecule has 5 heterocycles. The molecule has 0 radical (unpaired) electrons. The maximum atomic E-state index is 3.69. The molecule has 0 aliphatic carbocycles. The van der Waals surface area contributed by atoms with Crippen molar-refractivity contribution in [3.63, 3.8) is 0 Å². The molecular weight excluding hydrogens is 895 g/mol. The van der Waals surface area contributed by atoms with E-state index in [4.69, 9.17) is 0 Å². The summed E-state index contributed by atoms with van der Waals surface area (Å²) in [6.45, 7) is 2.42. The average Bonchev–Trinajstić information content (AvgIpc) is 3.22. The third kappa shape index (κ3) is 2.97. The minimum atomic E-state index is -0.814. The van der Waals surface area contributed by atoms with Gasteiger partial charge in [-0.15, -0.1) is 0 Å². The predicted molar refractivity (Wildman–Crippen MR) is 110 cm³/mol. The summed E-state index contributed by atoms with van der Waals surface area (Å²) < 4.78 is 7.45. The van der Waals surface area contributed by atoms with Gasteiger partial charge in [0.05, 0.1) is 0 Å². The second kappa shape index (κ2) is 7.74. The van der Waals surface area contributed by atoms with Crippen molar-refractivity contribution in [2.45, 2.75) is 7.43 Å². The molecule has 1 saturated heterocycles. The molecule has 11 heteroatoms. The zero-order chi connectivity index (χ0) is 16.4.